The van der Waals surface area contributed by atoms with Crippen molar-refractivity contribution in [1.29, 1.82) is 5.26 Å². The maximum Gasteiger partial charge on any atom is 0.298 e. The maximum atomic E-state index is 14.7. The van der Waals surface area contributed by atoms with Crippen LogP contribution in [0.2, 0.25) is 0 Å². The zero-order valence-electron chi connectivity index (χ0n) is 25.2. The van der Waals surface area contributed by atoms with Crippen molar-refractivity contribution >= 4 is 17.5 Å². The zero-order valence-corrected chi connectivity index (χ0v) is 25.2. The maximum absolute atomic E-state index is 14.7. The third-order valence-corrected chi connectivity index (χ3v) is 9.57. The number of hydrogen-bond acceptors (Lipinski definition) is 8. The molecule has 0 amide bonds. The predicted octanol–water partition coefficient (Wildman–Crippen LogP) is 5.87. The highest BCUT2D eigenvalue weighted by molar-refractivity contribution is 5.78. The smallest absolute Gasteiger partial charge is 0.298 e. The van der Waals surface area contributed by atoms with Gasteiger partial charge in [-0.3, -0.25) is 9.69 Å². The summed E-state index contributed by atoms with van der Waals surface area (Å²) in [6, 6.07) is 19.0. The highest BCUT2D eigenvalue weighted by atomic mass is 19.1. The van der Waals surface area contributed by atoms with E-state index < -0.39 is 0 Å². The first-order valence-electron chi connectivity index (χ1n) is 15.7. The minimum absolute atomic E-state index is 0.00885. The Morgan fingerprint density at radius 2 is 1.91 bits per heavy atom. The van der Waals surface area contributed by atoms with Crippen LogP contribution < -0.4 is 9.47 Å². The summed E-state index contributed by atoms with van der Waals surface area (Å²) in [5.74, 6) is 2.27. The molecule has 0 spiro atoms. The van der Waals surface area contributed by atoms with Crippen LogP contribution in [0, 0.1) is 22.6 Å². The number of aromatic nitrogens is 3. The second-order valence-electron chi connectivity index (χ2n) is 12.6. The van der Waals surface area contributed by atoms with Crippen molar-refractivity contribution in [3.05, 3.63) is 83.1 Å². The van der Waals surface area contributed by atoms with Crippen molar-refractivity contribution in [2.24, 2.45) is 5.41 Å². The number of rotatable bonds is 12. The molecule has 10 heteroatoms. The number of fused-ring (bicyclic) bond motifs is 1. The van der Waals surface area contributed by atoms with Gasteiger partial charge >= 0.3 is 0 Å². The molecule has 1 aliphatic carbocycles. The lowest BCUT2D eigenvalue weighted by molar-refractivity contribution is -0.120. The summed E-state index contributed by atoms with van der Waals surface area (Å²) < 4.78 is 33.2. The fourth-order valence-electron chi connectivity index (χ4n) is 6.49. The molecule has 2 aromatic carbocycles. The SMILES string of the molecule is N#CCC1(Cn2c(CN3CCC(c4cccc(OCc5ccc(C6COC6)cc5F)n4)CC3)nc3ccc(OC=O)cc32)CC1. The second-order valence-corrected chi connectivity index (χ2v) is 12.6. The van der Waals surface area contributed by atoms with Crippen molar-refractivity contribution in [1.82, 2.24) is 19.4 Å². The molecule has 0 unspecified atom stereocenters. The minimum Gasteiger partial charge on any atom is -0.473 e. The normalized spacial score (nSPS) is 18.3. The first-order chi connectivity index (χ1) is 22.0. The summed E-state index contributed by atoms with van der Waals surface area (Å²) in [5.41, 5.74) is 4.25. The number of nitrogens with zero attached hydrogens (tertiary/aromatic N) is 5. The van der Waals surface area contributed by atoms with E-state index in [-0.39, 0.29) is 23.8 Å². The molecular weight excluding hydrogens is 573 g/mol. The van der Waals surface area contributed by atoms with Gasteiger partial charge in [0.05, 0.1) is 36.9 Å². The van der Waals surface area contributed by atoms with Crippen LogP contribution in [-0.4, -0.2) is 52.2 Å². The number of nitriles is 1. The predicted molar refractivity (Wildman–Crippen MR) is 164 cm³/mol. The van der Waals surface area contributed by atoms with E-state index in [1.54, 1.807) is 18.2 Å². The number of imidazole rings is 1. The number of halogens is 1. The third-order valence-electron chi connectivity index (χ3n) is 9.57. The van der Waals surface area contributed by atoms with Gasteiger partial charge in [-0.15, -0.1) is 0 Å². The van der Waals surface area contributed by atoms with Crippen molar-refractivity contribution in [2.75, 3.05) is 26.3 Å². The lowest BCUT2D eigenvalue weighted by Crippen LogP contribution is -2.34. The Kier molecular flexibility index (Phi) is 8.21. The topological polar surface area (TPSA) is 102 Å². The van der Waals surface area contributed by atoms with Crippen LogP contribution in [0.15, 0.2) is 54.6 Å². The van der Waals surface area contributed by atoms with Crippen LogP contribution >= 0.6 is 0 Å². The first kappa shape index (κ1) is 29.4. The van der Waals surface area contributed by atoms with Gasteiger partial charge in [-0.1, -0.05) is 18.2 Å². The van der Waals surface area contributed by atoms with Crippen molar-refractivity contribution in [3.8, 4) is 17.7 Å². The highest BCUT2D eigenvalue weighted by Gasteiger charge is 2.43. The van der Waals surface area contributed by atoms with E-state index >= 15 is 0 Å². The van der Waals surface area contributed by atoms with E-state index in [1.807, 2.05) is 36.4 Å². The van der Waals surface area contributed by atoms with E-state index in [1.165, 1.54) is 0 Å². The lowest BCUT2D eigenvalue weighted by atomic mass is 9.93. The van der Waals surface area contributed by atoms with Crippen LogP contribution in [0.3, 0.4) is 0 Å². The number of carbonyl (C=O) groups is 1. The second kappa shape index (κ2) is 12.6. The number of ether oxygens (including phenoxy) is 3. The molecule has 4 aromatic rings. The van der Waals surface area contributed by atoms with Crippen LogP contribution in [0.1, 0.15) is 66.6 Å². The van der Waals surface area contributed by atoms with Gasteiger partial charge in [-0.2, -0.15) is 5.26 Å². The molecule has 1 saturated carbocycles. The molecule has 7 rings (SSSR count). The van der Waals surface area contributed by atoms with Gasteiger partial charge in [0, 0.05) is 53.6 Å². The van der Waals surface area contributed by atoms with E-state index in [4.69, 9.17) is 24.2 Å². The quantitative estimate of drug-likeness (QED) is 0.184. The molecule has 0 radical (unpaired) electrons. The Morgan fingerprint density at radius 1 is 1.07 bits per heavy atom. The van der Waals surface area contributed by atoms with Crippen molar-refractivity contribution < 1.29 is 23.4 Å². The number of hydrogen-bond donors (Lipinski definition) is 0. The number of carbonyl (C=O) groups excluding carboxylic acids is 1. The molecule has 9 nitrogen and oxygen atoms in total. The summed E-state index contributed by atoms with van der Waals surface area (Å²) in [6.07, 6.45) is 4.49. The van der Waals surface area contributed by atoms with Gasteiger partial charge in [0.1, 0.15) is 24.0 Å². The molecule has 2 saturated heterocycles. The Morgan fingerprint density at radius 3 is 2.62 bits per heavy atom. The summed E-state index contributed by atoms with van der Waals surface area (Å²) >= 11 is 0. The van der Waals surface area contributed by atoms with Gasteiger partial charge < -0.3 is 18.8 Å². The van der Waals surface area contributed by atoms with Gasteiger partial charge in [-0.25, -0.2) is 14.4 Å². The van der Waals surface area contributed by atoms with Gasteiger partial charge in [-0.05, 0) is 68.6 Å². The summed E-state index contributed by atoms with van der Waals surface area (Å²) in [4.78, 5) is 23.1. The van der Waals surface area contributed by atoms with Gasteiger partial charge in [0.15, 0.2) is 0 Å². The molecule has 3 fully saturated rings. The fraction of sp³-hybridized carbons (Fsp3) is 0.429. The molecular formula is C35H36FN5O4. The number of pyridine rings is 1. The Hall–Kier alpha value is -4.33. The van der Waals surface area contributed by atoms with Crippen LogP contribution in [-0.2, 0) is 29.2 Å². The molecule has 2 aliphatic heterocycles. The molecule has 0 bridgehead atoms. The van der Waals surface area contributed by atoms with Crippen LogP contribution in [0.25, 0.3) is 11.0 Å². The highest BCUT2D eigenvalue weighted by Crippen LogP contribution is 2.50. The van der Waals surface area contributed by atoms with E-state index in [0.717, 1.165) is 73.4 Å². The number of likely N-dealkylation sites (tertiary alicyclic amines) is 1. The molecule has 232 valence electrons. The van der Waals surface area contributed by atoms with E-state index in [2.05, 4.69) is 15.5 Å². The Bertz CT molecular complexity index is 1730. The first-order valence-corrected chi connectivity index (χ1v) is 15.7. The monoisotopic (exact) mass is 609 g/mol. The van der Waals surface area contributed by atoms with Gasteiger partial charge in [0.2, 0.25) is 5.88 Å². The fourth-order valence-corrected chi connectivity index (χ4v) is 6.49. The number of piperidine rings is 1. The molecule has 2 aromatic heterocycles. The zero-order chi connectivity index (χ0) is 30.8. The molecule has 45 heavy (non-hydrogen) atoms. The third kappa shape index (κ3) is 6.42. The summed E-state index contributed by atoms with van der Waals surface area (Å²) in [5, 5.41) is 9.42. The minimum atomic E-state index is -0.261. The molecule has 0 N–H and O–H groups in total. The van der Waals surface area contributed by atoms with Crippen molar-refractivity contribution in [3.63, 3.8) is 0 Å². The van der Waals surface area contributed by atoms with Gasteiger partial charge in [0.25, 0.3) is 6.47 Å². The largest absolute Gasteiger partial charge is 0.473 e. The van der Waals surface area contributed by atoms with E-state index in [0.29, 0.717) is 55.8 Å². The number of benzene rings is 2. The summed E-state index contributed by atoms with van der Waals surface area (Å²) in [7, 11) is 0. The molecule has 0 atom stereocenters. The Balaban J connectivity index is 0.994. The van der Waals surface area contributed by atoms with E-state index in [9.17, 15) is 14.4 Å². The van der Waals surface area contributed by atoms with Crippen molar-refractivity contribution in [2.45, 2.75) is 63.6 Å². The molecule has 3 aliphatic rings. The summed E-state index contributed by atoms with van der Waals surface area (Å²) in [6.45, 7) is 5.08. The average Bonchev–Trinajstić information content (AvgIpc) is 3.71. The standard InChI is InChI=1S/C35H36FN5O4/c36-29-16-25(27-19-43-20-27)4-5-26(29)21-44-34-3-1-2-30(39-34)24-8-14-40(15-9-24)18-33-38-31-7-6-28(45-23-42)17-32(31)41(33)22-35(10-11-35)12-13-37/h1-7,16-17,23-24,27H,8-12,14-15,18-22H2. The average molecular weight is 610 g/mol. The van der Waals surface area contributed by atoms with Crippen LogP contribution in [0.5, 0.6) is 11.6 Å². The Labute approximate surface area is 261 Å². The lowest BCUT2D eigenvalue weighted by Gasteiger charge is -2.31. The molecule has 4 heterocycles. The van der Waals surface area contributed by atoms with Crippen LogP contribution in [0.4, 0.5) is 4.39 Å².